The van der Waals surface area contributed by atoms with E-state index in [1.54, 1.807) is 7.11 Å². The van der Waals surface area contributed by atoms with E-state index in [9.17, 15) is 5.11 Å². The van der Waals surface area contributed by atoms with E-state index in [0.29, 0.717) is 0 Å². The molecule has 1 N–H and O–H groups in total. The van der Waals surface area contributed by atoms with Crippen molar-refractivity contribution in [2.75, 3.05) is 20.7 Å². The van der Waals surface area contributed by atoms with E-state index in [4.69, 9.17) is 4.74 Å². The van der Waals surface area contributed by atoms with E-state index < -0.39 is 5.60 Å². The first-order valence-electron chi connectivity index (χ1n) is 7.11. The molecule has 1 atom stereocenters. The second kappa shape index (κ2) is 5.51. The third kappa shape index (κ3) is 2.63. The molecule has 0 aromatic heterocycles. The minimum atomic E-state index is -0.613. The van der Waals surface area contributed by atoms with Gasteiger partial charge in [0.05, 0.1) is 12.7 Å². The van der Waals surface area contributed by atoms with Crippen molar-refractivity contribution < 1.29 is 9.84 Å². The number of methoxy groups -OCH3 is 1. The van der Waals surface area contributed by atoms with Crippen LogP contribution in [0.15, 0.2) is 18.2 Å². The summed E-state index contributed by atoms with van der Waals surface area (Å²) in [5.41, 5.74) is 1.95. The fraction of sp³-hybridized carbons (Fsp3) is 0.625. The Kier molecular flexibility index (Phi) is 4.16. The topological polar surface area (TPSA) is 32.7 Å². The van der Waals surface area contributed by atoms with Gasteiger partial charge in [-0.1, -0.05) is 19.9 Å². The van der Waals surface area contributed by atoms with Gasteiger partial charge >= 0.3 is 0 Å². The normalized spacial score (nSPS) is 20.2. The van der Waals surface area contributed by atoms with Gasteiger partial charge in [0.2, 0.25) is 0 Å². The van der Waals surface area contributed by atoms with E-state index in [2.05, 4.69) is 37.9 Å². The Hall–Kier alpha value is -1.06. The first-order chi connectivity index (χ1) is 9.04. The number of hydrogen-bond donors (Lipinski definition) is 1. The third-order valence-corrected chi connectivity index (χ3v) is 4.53. The van der Waals surface area contributed by atoms with Gasteiger partial charge in [0.25, 0.3) is 0 Å². The number of hydrogen-bond acceptors (Lipinski definition) is 3. The summed E-state index contributed by atoms with van der Waals surface area (Å²) in [6, 6.07) is 6.23. The molecule has 0 bridgehead atoms. The molecular weight excluding hydrogens is 238 g/mol. The van der Waals surface area contributed by atoms with Crippen LogP contribution in [0.4, 0.5) is 0 Å². The van der Waals surface area contributed by atoms with Crippen LogP contribution in [0, 0.1) is 0 Å². The van der Waals surface area contributed by atoms with Crippen molar-refractivity contribution in [2.45, 2.75) is 44.8 Å². The van der Waals surface area contributed by atoms with Crippen molar-refractivity contribution in [3.8, 4) is 5.75 Å². The molecule has 0 fully saturated rings. The summed E-state index contributed by atoms with van der Waals surface area (Å²) in [5, 5.41) is 10.9. The van der Waals surface area contributed by atoms with E-state index in [0.717, 1.165) is 31.7 Å². The fourth-order valence-electron chi connectivity index (χ4n) is 3.15. The second-order valence-electron chi connectivity index (χ2n) is 5.62. The molecule has 3 heteroatoms. The average molecular weight is 263 g/mol. The first kappa shape index (κ1) is 14.4. The summed E-state index contributed by atoms with van der Waals surface area (Å²) in [6.07, 6.45) is 1.57. The Morgan fingerprint density at radius 1 is 1.37 bits per heavy atom. The molecule has 0 saturated carbocycles. The standard InChI is InChI=1S/C16H25NO2/c1-5-16(18,6-2)15-11-17(3)10-12-9-13(19-4)7-8-14(12)15/h7-9,15,18H,5-6,10-11H2,1-4H3. The summed E-state index contributed by atoms with van der Waals surface area (Å²) in [6.45, 7) is 5.98. The van der Waals surface area contributed by atoms with E-state index in [-0.39, 0.29) is 5.92 Å². The highest BCUT2D eigenvalue weighted by atomic mass is 16.5. The molecule has 106 valence electrons. The Morgan fingerprint density at radius 3 is 2.63 bits per heavy atom. The van der Waals surface area contributed by atoms with Crippen molar-refractivity contribution in [1.82, 2.24) is 4.90 Å². The van der Waals surface area contributed by atoms with Crippen LogP contribution in [0.5, 0.6) is 5.75 Å². The molecule has 0 radical (unpaired) electrons. The highest BCUT2D eigenvalue weighted by molar-refractivity contribution is 5.40. The highest BCUT2D eigenvalue weighted by Crippen LogP contribution is 2.40. The summed E-state index contributed by atoms with van der Waals surface area (Å²) in [5.74, 6) is 1.08. The first-order valence-corrected chi connectivity index (χ1v) is 7.11. The van der Waals surface area contributed by atoms with Crippen LogP contribution in [-0.2, 0) is 6.54 Å². The Morgan fingerprint density at radius 2 is 2.05 bits per heavy atom. The second-order valence-corrected chi connectivity index (χ2v) is 5.62. The Balaban J connectivity index is 2.44. The number of nitrogens with zero attached hydrogens (tertiary/aromatic N) is 1. The molecule has 1 aliphatic rings. The summed E-state index contributed by atoms with van der Waals surface area (Å²) < 4.78 is 5.31. The maximum absolute atomic E-state index is 10.9. The highest BCUT2D eigenvalue weighted by Gasteiger charge is 2.38. The number of benzene rings is 1. The zero-order valence-corrected chi connectivity index (χ0v) is 12.4. The smallest absolute Gasteiger partial charge is 0.119 e. The van der Waals surface area contributed by atoms with Crippen LogP contribution >= 0.6 is 0 Å². The molecule has 0 aliphatic carbocycles. The van der Waals surface area contributed by atoms with Gasteiger partial charge in [-0.2, -0.15) is 0 Å². The van der Waals surface area contributed by atoms with Crippen molar-refractivity contribution >= 4 is 0 Å². The van der Waals surface area contributed by atoms with E-state index in [1.165, 1.54) is 11.1 Å². The van der Waals surface area contributed by atoms with Crippen LogP contribution in [0.2, 0.25) is 0 Å². The molecule has 2 rings (SSSR count). The molecule has 1 aliphatic heterocycles. The lowest BCUT2D eigenvalue weighted by Gasteiger charge is -2.42. The summed E-state index contributed by atoms with van der Waals surface area (Å²) in [4.78, 5) is 2.28. The van der Waals surface area contributed by atoms with Crippen LogP contribution in [0.3, 0.4) is 0 Å². The number of likely N-dealkylation sites (N-methyl/N-ethyl adjacent to an activating group) is 1. The van der Waals surface area contributed by atoms with Crippen molar-refractivity contribution in [1.29, 1.82) is 0 Å². The van der Waals surface area contributed by atoms with E-state index in [1.807, 2.05) is 6.07 Å². The zero-order valence-electron chi connectivity index (χ0n) is 12.4. The predicted octanol–water partition coefficient (Wildman–Crippen LogP) is 2.78. The van der Waals surface area contributed by atoms with Gasteiger partial charge in [0.1, 0.15) is 5.75 Å². The maximum Gasteiger partial charge on any atom is 0.119 e. The lowest BCUT2D eigenvalue weighted by molar-refractivity contribution is -0.00995. The number of fused-ring (bicyclic) bond motifs is 1. The molecule has 1 heterocycles. The minimum absolute atomic E-state index is 0.183. The maximum atomic E-state index is 10.9. The van der Waals surface area contributed by atoms with Crippen LogP contribution in [-0.4, -0.2) is 36.3 Å². The zero-order chi connectivity index (χ0) is 14.0. The van der Waals surface area contributed by atoms with Gasteiger partial charge in [0, 0.05) is 19.0 Å². The van der Waals surface area contributed by atoms with Crippen LogP contribution in [0.25, 0.3) is 0 Å². The Labute approximate surface area is 116 Å². The van der Waals surface area contributed by atoms with Crippen molar-refractivity contribution in [2.24, 2.45) is 0 Å². The van der Waals surface area contributed by atoms with Crippen LogP contribution < -0.4 is 4.74 Å². The molecule has 3 nitrogen and oxygen atoms in total. The van der Waals surface area contributed by atoms with E-state index >= 15 is 0 Å². The Bertz CT molecular complexity index is 440. The third-order valence-electron chi connectivity index (χ3n) is 4.53. The fourth-order valence-corrected chi connectivity index (χ4v) is 3.15. The van der Waals surface area contributed by atoms with Gasteiger partial charge in [-0.05, 0) is 43.1 Å². The SMILES string of the molecule is CCC(O)(CC)C1CN(C)Cc2cc(OC)ccc21. The minimum Gasteiger partial charge on any atom is -0.497 e. The summed E-state index contributed by atoms with van der Waals surface area (Å²) >= 11 is 0. The van der Waals surface area contributed by atoms with Gasteiger partial charge < -0.3 is 14.7 Å². The molecule has 1 aromatic carbocycles. The predicted molar refractivity (Wildman–Crippen MR) is 77.6 cm³/mol. The lowest BCUT2D eigenvalue weighted by Crippen LogP contribution is -2.44. The number of aliphatic hydroxyl groups is 1. The van der Waals surface area contributed by atoms with Gasteiger partial charge in [-0.3, -0.25) is 0 Å². The molecule has 0 spiro atoms. The van der Waals surface area contributed by atoms with Crippen molar-refractivity contribution in [3.63, 3.8) is 0 Å². The molecular formula is C16H25NO2. The molecule has 1 aromatic rings. The molecule has 19 heavy (non-hydrogen) atoms. The summed E-state index contributed by atoms with van der Waals surface area (Å²) in [7, 11) is 3.81. The molecule has 0 amide bonds. The quantitative estimate of drug-likeness (QED) is 0.906. The molecule has 1 unspecified atom stereocenters. The van der Waals surface area contributed by atoms with Gasteiger partial charge in [-0.15, -0.1) is 0 Å². The monoisotopic (exact) mass is 263 g/mol. The lowest BCUT2D eigenvalue weighted by atomic mass is 9.75. The van der Waals surface area contributed by atoms with Crippen LogP contribution in [0.1, 0.15) is 43.7 Å². The largest absolute Gasteiger partial charge is 0.497 e. The molecule has 0 saturated heterocycles. The average Bonchev–Trinajstić information content (AvgIpc) is 2.44. The van der Waals surface area contributed by atoms with Gasteiger partial charge in [-0.25, -0.2) is 0 Å². The van der Waals surface area contributed by atoms with Crippen molar-refractivity contribution in [3.05, 3.63) is 29.3 Å². The number of ether oxygens (including phenoxy) is 1. The van der Waals surface area contributed by atoms with Gasteiger partial charge in [0.15, 0.2) is 0 Å². The number of rotatable bonds is 4.